The molecule has 0 radical (unpaired) electrons. The Morgan fingerprint density at radius 1 is 1.32 bits per heavy atom. The van der Waals surface area contributed by atoms with Crippen LogP contribution < -0.4 is 10.1 Å². The molecular formula is C14H19Br2NO2. The average molecular weight is 393 g/mol. The van der Waals surface area contributed by atoms with Crippen molar-refractivity contribution < 1.29 is 9.47 Å². The van der Waals surface area contributed by atoms with Gasteiger partial charge in [-0.2, -0.15) is 0 Å². The predicted molar refractivity (Wildman–Crippen MR) is 83.7 cm³/mol. The second-order valence-electron chi connectivity index (χ2n) is 4.72. The molecule has 1 unspecified atom stereocenters. The maximum absolute atomic E-state index is 5.90. The van der Waals surface area contributed by atoms with Crippen molar-refractivity contribution in [2.75, 3.05) is 20.3 Å². The van der Waals surface area contributed by atoms with E-state index in [4.69, 9.17) is 9.47 Å². The van der Waals surface area contributed by atoms with Crippen LogP contribution in [0.4, 0.5) is 0 Å². The molecule has 106 valence electrons. The first-order valence-electron chi connectivity index (χ1n) is 6.57. The molecule has 19 heavy (non-hydrogen) atoms. The van der Waals surface area contributed by atoms with Crippen molar-refractivity contribution in [1.29, 1.82) is 0 Å². The standard InChI is InChI=1S/C14H19Br2NO2/c1-17-8-10-6-12(15)14(13(16)7-10)19-9-11-4-2-3-5-18-11/h6-7,11,17H,2-5,8-9H2,1H3. The second-order valence-corrected chi connectivity index (χ2v) is 6.43. The summed E-state index contributed by atoms with van der Waals surface area (Å²) in [5.74, 6) is 0.856. The Kier molecular flexibility index (Phi) is 6.13. The summed E-state index contributed by atoms with van der Waals surface area (Å²) in [5, 5.41) is 3.14. The summed E-state index contributed by atoms with van der Waals surface area (Å²) in [5.41, 5.74) is 1.21. The molecule has 1 aliphatic rings. The Hall–Kier alpha value is -0.100. The minimum Gasteiger partial charge on any atom is -0.489 e. The van der Waals surface area contributed by atoms with Gasteiger partial charge in [-0.15, -0.1) is 0 Å². The number of nitrogens with one attached hydrogen (secondary N) is 1. The summed E-state index contributed by atoms with van der Waals surface area (Å²) in [7, 11) is 1.94. The molecule has 2 rings (SSSR count). The zero-order chi connectivity index (χ0) is 13.7. The highest BCUT2D eigenvalue weighted by atomic mass is 79.9. The van der Waals surface area contributed by atoms with Gasteiger partial charge in [0.1, 0.15) is 12.4 Å². The van der Waals surface area contributed by atoms with Gasteiger partial charge in [0.2, 0.25) is 0 Å². The minimum atomic E-state index is 0.226. The van der Waals surface area contributed by atoms with Crippen LogP contribution in [0.25, 0.3) is 0 Å². The Bertz CT molecular complexity index is 397. The lowest BCUT2D eigenvalue weighted by molar-refractivity contribution is -0.0113. The van der Waals surface area contributed by atoms with Crippen molar-refractivity contribution in [1.82, 2.24) is 5.32 Å². The molecule has 1 aromatic rings. The number of rotatable bonds is 5. The largest absolute Gasteiger partial charge is 0.489 e. The molecule has 1 N–H and O–H groups in total. The van der Waals surface area contributed by atoms with Gasteiger partial charge in [-0.1, -0.05) is 0 Å². The lowest BCUT2D eigenvalue weighted by Gasteiger charge is -2.23. The summed E-state index contributed by atoms with van der Waals surface area (Å²) in [6.07, 6.45) is 3.72. The Morgan fingerprint density at radius 3 is 2.63 bits per heavy atom. The third kappa shape index (κ3) is 4.45. The lowest BCUT2D eigenvalue weighted by atomic mass is 10.1. The molecule has 5 heteroatoms. The van der Waals surface area contributed by atoms with E-state index < -0.39 is 0 Å². The van der Waals surface area contributed by atoms with Gasteiger partial charge in [-0.3, -0.25) is 0 Å². The molecule has 0 aliphatic carbocycles. The molecule has 1 aliphatic heterocycles. The second kappa shape index (κ2) is 7.62. The maximum Gasteiger partial charge on any atom is 0.147 e. The van der Waals surface area contributed by atoms with E-state index in [1.165, 1.54) is 18.4 Å². The van der Waals surface area contributed by atoms with Crippen molar-refractivity contribution in [2.24, 2.45) is 0 Å². The number of ether oxygens (including phenoxy) is 2. The maximum atomic E-state index is 5.90. The summed E-state index contributed by atoms with van der Waals surface area (Å²) in [4.78, 5) is 0. The molecule has 0 amide bonds. The monoisotopic (exact) mass is 391 g/mol. The van der Waals surface area contributed by atoms with Crippen LogP contribution in [-0.2, 0) is 11.3 Å². The van der Waals surface area contributed by atoms with Crippen LogP contribution in [0, 0.1) is 0 Å². The summed E-state index contributed by atoms with van der Waals surface area (Å²) in [6, 6.07) is 4.16. The predicted octanol–water partition coefficient (Wildman–Crippen LogP) is 3.88. The van der Waals surface area contributed by atoms with E-state index >= 15 is 0 Å². The first-order chi connectivity index (χ1) is 9.20. The molecule has 1 heterocycles. The van der Waals surface area contributed by atoms with Gasteiger partial charge in [-0.25, -0.2) is 0 Å². The highest BCUT2D eigenvalue weighted by molar-refractivity contribution is 9.11. The van der Waals surface area contributed by atoms with Gasteiger partial charge in [0.25, 0.3) is 0 Å². The van der Waals surface area contributed by atoms with Crippen molar-refractivity contribution in [2.45, 2.75) is 31.9 Å². The van der Waals surface area contributed by atoms with Gasteiger partial charge in [-0.05, 0) is 75.9 Å². The van der Waals surface area contributed by atoms with Crippen molar-refractivity contribution in [3.05, 3.63) is 26.6 Å². The third-order valence-corrected chi connectivity index (χ3v) is 4.30. The molecule has 0 bridgehead atoms. The van der Waals surface area contributed by atoms with Crippen LogP contribution in [0.15, 0.2) is 21.1 Å². The number of benzene rings is 1. The molecule has 1 fully saturated rings. The number of halogens is 2. The van der Waals surface area contributed by atoms with E-state index in [1.807, 2.05) is 7.05 Å². The van der Waals surface area contributed by atoms with Gasteiger partial charge in [0, 0.05) is 13.2 Å². The van der Waals surface area contributed by atoms with Crippen molar-refractivity contribution in [3.63, 3.8) is 0 Å². The van der Waals surface area contributed by atoms with Gasteiger partial charge in [0.15, 0.2) is 0 Å². The van der Waals surface area contributed by atoms with E-state index in [0.717, 1.165) is 34.3 Å². The summed E-state index contributed by atoms with van der Waals surface area (Å²) < 4.78 is 13.5. The molecule has 3 nitrogen and oxygen atoms in total. The molecule has 1 aromatic carbocycles. The summed E-state index contributed by atoms with van der Waals surface area (Å²) >= 11 is 7.14. The van der Waals surface area contributed by atoms with E-state index in [1.54, 1.807) is 0 Å². The van der Waals surface area contributed by atoms with Gasteiger partial charge < -0.3 is 14.8 Å². The number of hydrogen-bond acceptors (Lipinski definition) is 3. The molecule has 1 atom stereocenters. The van der Waals surface area contributed by atoms with Crippen LogP contribution in [0.1, 0.15) is 24.8 Å². The smallest absolute Gasteiger partial charge is 0.147 e. The van der Waals surface area contributed by atoms with E-state index in [2.05, 4.69) is 49.3 Å². The highest BCUT2D eigenvalue weighted by Crippen LogP contribution is 2.35. The zero-order valence-electron chi connectivity index (χ0n) is 11.0. The zero-order valence-corrected chi connectivity index (χ0v) is 14.2. The van der Waals surface area contributed by atoms with Gasteiger partial charge >= 0.3 is 0 Å². The van der Waals surface area contributed by atoms with E-state index in [9.17, 15) is 0 Å². The Morgan fingerprint density at radius 2 is 2.05 bits per heavy atom. The molecule has 0 aromatic heterocycles. The fraction of sp³-hybridized carbons (Fsp3) is 0.571. The molecular weight excluding hydrogens is 374 g/mol. The molecule has 1 saturated heterocycles. The van der Waals surface area contributed by atoms with Crippen LogP contribution in [0.5, 0.6) is 5.75 Å². The van der Waals surface area contributed by atoms with Crippen LogP contribution in [0.3, 0.4) is 0 Å². The van der Waals surface area contributed by atoms with E-state index in [-0.39, 0.29) is 6.10 Å². The van der Waals surface area contributed by atoms with E-state index in [0.29, 0.717) is 6.61 Å². The topological polar surface area (TPSA) is 30.5 Å². The van der Waals surface area contributed by atoms with Crippen LogP contribution >= 0.6 is 31.9 Å². The quantitative estimate of drug-likeness (QED) is 0.824. The Labute approximate surface area is 131 Å². The Balaban J connectivity index is 1.99. The average Bonchev–Trinajstić information content (AvgIpc) is 2.39. The molecule has 0 spiro atoms. The normalized spacial score (nSPS) is 19.4. The third-order valence-electron chi connectivity index (χ3n) is 3.13. The molecule has 0 saturated carbocycles. The summed E-state index contributed by atoms with van der Waals surface area (Å²) in [6.45, 7) is 2.31. The lowest BCUT2D eigenvalue weighted by Crippen LogP contribution is -2.26. The van der Waals surface area contributed by atoms with Gasteiger partial charge in [0.05, 0.1) is 15.0 Å². The van der Waals surface area contributed by atoms with Crippen LogP contribution in [0.2, 0.25) is 0 Å². The fourth-order valence-corrected chi connectivity index (χ4v) is 3.68. The SMILES string of the molecule is CNCc1cc(Br)c(OCC2CCCCO2)c(Br)c1. The first kappa shape index (κ1) is 15.3. The first-order valence-corrected chi connectivity index (χ1v) is 8.16. The highest BCUT2D eigenvalue weighted by Gasteiger charge is 2.16. The number of hydrogen-bond donors (Lipinski definition) is 1. The van der Waals surface area contributed by atoms with Crippen LogP contribution in [-0.4, -0.2) is 26.4 Å². The van der Waals surface area contributed by atoms with Crippen molar-refractivity contribution in [3.8, 4) is 5.75 Å². The van der Waals surface area contributed by atoms with Crippen molar-refractivity contribution >= 4 is 31.9 Å². The fourth-order valence-electron chi connectivity index (χ4n) is 2.17. The minimum absolute atomic E-state index is 0.226.